The van der Waals surface area contributed by atoms with Gasteiger partial charge in [0.25, 0.3) is 0 Å². The van der Waals surface area contributed by atoms with Gasteiger partial charge in [0.2, 0.25) is 10.0 Å². The molecule has 20 heavy (non-hydrogen) atoms. The fourth-order valence-electron chi connectivity index (χ4n) is 1.58. The van der Waals surface area contributed by atoms with Gasteiger partial charge in [-0.1, -0.05) is 12.8 Å². The summed E-state index contributed by atoms with van der Waals surface area (Å²) in [5.41, 5.74) is 0. The van der Waals surface area contributed by atoms with Gasteiger partial charge in [0.15, 0.2) is 0 Å². The molecule has 6 nitrogen and oxygen atoms in total. The highest BCUT2D eigenvalue weighted by Crippen LogP contribution is 2.09. The number of carboxylic acid groups (broad SMARTS) is 1. The number of nitrogens with zero attached hydrogens (tertiary/aromatic N) is 1. The third-order valence-corrected chi connectivity index (χ3v) is 4.03. The Hall–Kier alpha value is -1.54. The van der Waals surface area contributed by atoms with Crippen LogP contribution in [0.3, 0.4) is 0 Å². The number of hydrogen-bond acceptors (Lipinski definition) is 4. The SMILES string of the molecule is O=C(O)CCCCCCNS(=O)(=O)c1cncc(F)c1. The number of nitrogens with one attached hydrogen (secondary N) is 1. The van der Waals surface area contributed by atoms with E-state index in [9.17, 15) is 17.6 Å². The summed E-state index contributed by atoms with van der Waals surface area (Å²) in [6.07, 6.45) is 4.78. The van der Waals surface area contributed by atoms with Crippen molar-refractivity contribution < 1.29 is 22.7 Å². The summed E-state index contributed by atoms with van der Waals surface area (Å²) in [5, 5.41) is 8.44. The molecular formula is C12H17FN2O4S. The van der Waals surface area contributed by atoms with Gasteiger partial charge in [-0.25, -0.2) is 17.5 Å². The number of sulfonamides is 1. The number of aromatic nitrogens is 1. The van der Waals surface area contributed by atoms with Crippen LogP contribution in [0.4, 0.5) is 4.39 Å². The van der Waals surface area contributed by atoms with Gasteiger partial charge in [-0.05, 0) is 18.9 Å². The molecule has 0 unspecified atom stereocenters. The van der Waals surface area contributed by atoms with Crippen LogP contribution in [-0.2, 0) is 14.8 Å². The van der Waals surface area contributed by atoms with Gasteiger partial charge < -0.3 is 5.11 Å². The molecule has 1 aromatic heterocycles. The maximum absolute atomic E-state index is 12.9. The van der Waals surface area contributed by atoms with Crippen LogP contribution in [0, 0.1) is 5.82 Å². The van der Waals surface area contributed by atoms with Gasteiger partial charge >= 0.3 is 5.97 Å². The molecule has 1 rings (SSSR count). The molecule has 0 aromatic carbocycles. The molecule has 0 aliphatic heterocycles. The molecule has 1 heterocycles. The van der Waals surface area contributed by atoms with Crippen molar-refractivity contribution in [1.82, 2.24) is 9.71 Å². The van der Waals surface area contributed by atoms with Gasteiger partial charge in [-0.2, -0.15) is 0 Å². The van der Waals surface area contributed by atoms with Crippen LogP contribution in [0.1, 0.15) is 32.1 Å². The minimum absolute atomic E-state index is 0.126. The van der Waals surface area contributed by atoms with E-state index in [1.165, 1.54) is 0 Å². The Morgan fingerprint density at radius 3 is 2.60 bits per heavy atom. The van der Waals surface area contributed by atoms with Crippen LogP contribution in [0.15, 0.2) is 23.4 Å². The molecule has 0 amide bonds. The molecule has 0 atom stereocenters. The summed E-state index contributed by atoms with van der Waals surface area (Å²) < 4.78 is 38.8. The number of unbranched alkanes of at least 4 members (excludes halogenated alkanes) is 3. The van der Waals surface area contributed by atoms with Crippen molar-refractivity contribution in [2.24, 2.45) is 0 Å². The Morgan fingerprint density at radius 2 is 1.95 bits per heavy atom. The average molecular weight is 304 g/mol. The number of halogens is 1. The monoisotopic (exact) mass is 304 g/mol. The summed E-state index contributed by atoms with van der Waals surface area (Å²) in [7, 11) is -3.74. The van der Waals surface area contributed by atoms with Gasteiger partial charge in [-0.15, -0.1) is 0 Å². The first kappa shape index (κ1) is 16.5. The van der Waals surface area contributed by atoms with Crippen molar-refractivity contribution in [1.29, 1.82) is 0 Å². The predicted molar refractivity (Wildman–Crippen MR) is 70.1 cm³/mol. The fraction of sp³-hybridized carbons (Fsp3) is 0.500. The number of carbonyl (C=O) groups is 1. The standard InChI is InChI=1S/C12H17FN2O4S/c13-10-7-11(9-14-8-10)20(18,19)15-6-4-2-1-3-5-12(16)17/h7-9,15H,1-6H2,(H,16,17). The normalized spacial score (nSPS) is 11.4. The van der Waals surface area contributed by atoms with Crippen molar-refractivity contribution in [2.75, 3.05) is 6.54 Å². The third kappa shape index (κ3) is 6.07. The molecular weight excluding hydrogens is 287 g/mol. The first-order valence-electron chi connectivity index (χ1n) is 6.24. The average Bonchev–Trinajstić information content (AvgIpc) is 2.37. The molecule has 0 bridgehead atoms. The van der Waals surface area contributed by atoms with Crippen molar-refractivity contribution in [3.63, 3.8) is 0 Å². The van der Waals surface area contributed by atoms with E-state index in [0.29, 0.717) is 12.8 Å². The zero-order chi connectivity index (χ0) is 15.0. The summed E-state index contributed by atoms with van der Waals surface area (Å²) in [6.45, 7) is 0.228. The fourth-order valence-corrected chi connectivity index (χ4v) is 2.63. The quantitative estimate of drug-likeness (QED) is 0.674. The molecule has 0 spiro atoms. The summed E-state index contributed by atoms with van der Waals surface area (Å²) in [6, 6.07) is 0.905. The van der Waals surface area contributed by atoms with Gasteiger partial charge in [0.1, 0.15) is 10.7 Å². The number of hydrogen-bond donors (Lipinski definition) is 2. The van der Waals surface area contributed by atoms with Crippen molar-refractivity contribution >= 4 is 16.0 Å². The van der Waals surface area contributed by atoms with Crippen molar-refractivity contribution in [3.8, 4) is 0 Å². The Morgan fingerprint density at radius 1 is 1.25 bits per heavy atom. The second-order valence-electron chi connectivity index (χ2n) is 4.29. The highest BCUT2D eigenvalue weighted by atomic mass is 32.2. The lowest BCUT2D eigenvalue weighted by Crippen LogP contribution is -2.25. The topological polar surface area (TPSA) is 96.4 Å². The largest absolute Gasteiger partial charge is 0.481 e. The number of pyridine rings is 1. The summed E-state index contributed by atoms with van der Waals surface area (Å²) in [4.78, 5) is 13.6. The Balaban J connectivity index is 2.29. The Bertz CT molecular complexity index is 548. The zero-order valence-corrected chi connectivity index (χ0v) is 11.7. The maximum Gasteiger partial charge on any atom is 0.303 e. The van der Waals surface area contributed by atoms with Gasteiger partial charge in [0.05, 0.1) is 6.20 Å². The molecule has 1 aromatic rings. The minimum atomic E-state index is -3.74. The van der Waals surface area contributed by atoms with Gasteiger partial charge in [0, 0.05) is 19.2 Å². The highest BCUT2D eigenvalue weighted by Gasteiger charge is 2.14. The van der Waals surface area contributed by atoms with Crippen LogP contribution in [-0.4, -0.2) is 31.0 Å². The van der Waals surface area contributed by atoms with Crippen molar-refractivity contribution in [3.05, 3.63) is 24.3 Å². The molecule has 2 N–H and O–H groups in total. The Kier molecular flexibility index (Phi) is 6.53. The first-order chi connectivity index (χ1) is 9.42. The molecule has 112 valence electrons. The van der Waals surface area contributed by atoms with E-state index in [4.69, 9.17) is 5.11 Å². The van der Waals surface area contributed by atoms with E-state index in [1.807, 2.05) is 0 Å². The number of aliphatic carboxylic acids is 1. The molecule has 0 fully saturated rings. The molecule has 0 radical (unpaired) electrons. The minimum Gasteiger partial charge on any atom is -0.481 e. The van der Waals surface area contributed by atoms with Crippen LogP contribution < -0.4 is 4.72 Å². The van der Waals surface area contributed by atoms with E-state index in [0.717, 1.165) is 31.3 Å². The zero-order valence-electron chi connectivity index (χ0n) is 10.9. The lowest BCUT2D eigenvalue weighted by atomic mass is 10.1. The molecule has 0 saturated carbocycles. The van der Waals surface area contributed by atoms with Crippen LogP contribution >= 0.6 is 0 Å². The van der Waals surface area contributed by atoms with Crippen LogP contribution in [0.25, 0.3) is 0 Å². The highest BCUT2D eigenvalue weighted by molar-refractivity contribution is 7.89. The van der Waals surface area contributed by atoms with Gasteiger partial charge in [-0.3, -0.25) is 9.78 Å². The van der Waals surface area contributed by atoms with E-state index in [2.05, 4.69) is 9.71 Å². The lowest BCUT2D eigenvalue weighted by Gasteiger charge is -2.06. The van der Waals surface area contributed by atoms with Crippen LogP contribution in [0.5, 0.6) is 0 Å². The van der Waals surface area contributed by atoms with E-state index < -0.39 is 21.8 Å². The second-order valence-corrected chi connectivity index (χ2v) is 6.06. The predicted octanol–water partition coefficient (Wildman–Crippen LogP) is 1.53. The molecule has 0 saturated heterocycles. The van der Waals surface area contributed by atoms with Crippen molar-refractivity contribution in [2.45, 2.75) is 37.0 Å². The van der Waals surface area contributed by atoms with E-state index in [1.54, 1.807) is 0 Å². The lowest BCUT2D eigenvalue weighted by molar-refractivity contribution is -0.137. The summed E-state index contributed by atoms with van der Waals surface area (Å²) in [5.74, 6) is -1.54. The Labute approximate surface area is 117 Å². The number of carboxylic acids is 1. The van der Waals surface area contributed by atoms with E-state index >= 15 is 0 Å². The third-order valence-electron chi connectivity index (χ3n) is 2.60. The first-order valence-corrected chi connectivity index (χ1v) is 7.72. The molecule has 8 heteroatoms. The van der Waals surface area contributed by atoms with Crippen LogP contribution in [0.2, 0.25) is 0 Å². The second kappa shape index (κ2) is 7.91. The van der Waals surface area contributed by atoms with E-state index in [-0.39, 0.29) is 17.9 Å². The maximum atomic E-state index is 12.9. The number of rotatable bonds is 9. The summed E-state index contributed by atoms with van der Waals surface area (Å²) >= 11 is 0. The molecule has 0 aliphatic carbocycles. The smallest absolute Gasteiger partial charge is 0.303 e. The molecule has 0 aliphatic rings.